The number of thioether (sulfide) groups is 2. The lowest BCUT2D eigenvalue weighted by atomic mass is 10.1. The molecule has 0 saturated carbocycles. The third-order valence-corrected chi connectivity index (χ3v) is 6.71. The molecule has 8 heteroatoms. The monoisotopic (exact) mass is 434 g/mol. The number of carbonyl (C=O) groups is 2. The van der Waals surface area contributed by atoms with Crippen molar-refractivity contribution in [3.05, 3.63) is 59.0 Å². The Hall–Kier alpha value is -1.90. The summed E-state index contributed by atoms with van der Waals surface area (Å²) in [5.41, 5.74) is 1.54. The van der Waals surface area contributed by atoms with Gasteiger partial charge in [0.2, 0.25) is 5.91 Å². The molecule has 0 bridgehead atoms. The predicted molar refractivity (Wildman–Crippen MR) is 117 cm³/mol. The minimum atomic E-state index is -0.355. The van der Waals surface area contributed by atoms with Crippen LogP contribution in [0.3, 0.4) is 0 Å². The number of esters is 1. The maximum absolute atomic E-state index is 12.3. The van der Waals surface area contributed by atoms with Crippen LogP contribution in [0.4, 0.5) is 0 Å². The van der Waals surface area contributed by atoms with Crippen LogP contribution in [0.5, 0.6) is 0 Å². The highest BCUT2D eigenvalue weighted by Gasteiger charge is 2.32. The van der Waals surface area contributed by atoms with Crippen LogP contribution in [0.1, 0.15) is 32.8 Å². The SMILES string of the molecule is COC(=O)c1ccc(C2SCC(=O)N2CCSCc2ccc(CN(C)C)o2)cc1. The summed E-state index contributed by atoms with van der Waals surface area (Å²) in [6.45, 7) is 1.48. The van der Waals surface area contributed by atoms with E-state index in [1.165, 1.54) is 7.11 Å². The van der Waals surface area contributed by atoms with Crippen molar-refractivity contribution in [2.75, 3.05) is 39.3 Å². The Morgan fingerprint density at radius 1 is 1.24 bits per heavy atom. The Balaban J connectivity index is 1.51. The number of benzene rings is 1. The van der Waals surface area contributed by atoms with E-state index in [1.807, 2.05) is 43.3 Å². The van der Waals surface area contributed by atoms with E-state index >= 15 is 0 Å². The van der Waals surface area contributed by atoms with Gasteiger partial charge in [-0.05, 0) is 43.9 Å². The number of amides is 1. The van der Waals surface area contributed by atoms with Gasteiger partial charge < -0.3 is 19.0 Å². The summed E-state index contributed by atoms with van der Waals surface area (Å²) in [6, 6.07) is 11.3. The molecule has 1 aliphatic heterocycles. The molecule has 0 radical (unpaired) electrons. The Labute approximate surface area is 179 Å². The molecule has 29 heavy (non-hydrogen) atoms. The van der Waals surface area contributed by atoms with Crippen LogP contribution < -0.4 is 0 Å². The highest BCUT2D eigenvalue weighted by Crippen LogP contribution is 2.38. The molecule has 2 aromatic rings. The number of furan rings is 1. The zero-order valence-corrected chi connectivity index (χ0v) is 18.6. The number of methoxy groups -OCH3 is 1. The van der Waals surface area contributed by atoms with Crippen molar-refractivity contribution in [1.82, 2.24) is 9.80 Å². The van der Waals surface area contributed by atoms with E-state index in [2.05, 4.69) is 4.90 Å². The Kier molecular flexibility index (Phi) is 7.69. The summed E-state index contributed by atoms with van der Waals surface area (Å²) in [6.07, 6.45) is 0. The lowest BCUT2D eigenvalue weighted by Crippen LogP contribution is -2.30. The molecular formula is C21H26N2O4S2. The van der Waals surface area contributed by atoms with Gasteiger partial charge in [0.25, 0.3) is 0 Å². The molecule has 0 aliphatic carbocycles. The zero-order valence-electron chi connectivity index (χ0n) is 16.9. The number of carbonyl (C=O) groups excluding carboxylic acids is 2. The lowest BCUT2D eigenvalue weighted by Gasteiger charge is -2.24. The highest BCUT2D eigenvalue weighted by atomic mass is 32.2. The fraction of sp³-hybridized carbons (Fsp3) is 0.429. The van der Waals surface area contributed by atoms with Crippen LogP contribution in [0.15, 0.2) is 40.8 Å². The zero-order chi connectivity index (χ0) is 20.8. The van der Waals surface area contributed by atoms with E-state index in [9.17, 15) is 9.59 Å². The van der Waals surface area contributed by atoms with Gasteiger partial charge in [0.05, 0.1) is 30.7 Å². The second-order valence-corrected chi connectivity index (χ2v) is 9.20. The summed E-state index contributed by atoms with van der Waals surface area (Å²) < 4.78 is 10.6. The minimum absolute atomic E-state index is 0.00916. The fourth-order valence-electron chi connectivity index (χ4n) is 3.11. The number of hydrogen-bond acceptors (Lipinski definition) is 7. The maximum atomic E-state index is 12.3. The molecule has 156 valence electrons. The topological polar surface area (TPSA) is 63.0 Å². The molecule has 1 fully saturated rings. The summed E-state index contributed by atoms with van der Waals surface area (Å²) in [4.78, 5) is 27.9. The average Bonchev–Trinajstić information content (AvgIpc) is 3.30. The van der Waals surface area contributed by atoms with Gasteiger partial charge in [-0.2, -0.15) is 11.8 Å². The van der Waals surface area contributed by atoms with Gasteiger partial charge in [0.1, 0.15) is 16.9 Å². The molecule has 2 heterocycles. The first-order valence-corrected chi connectivity index (χ1v) is 11.6. The van der Waals surface area contributed by atoms with Crippen molar-refractivity contribution in [3.63, 3.8) is 0 Å². The first-order chi connectivity index (χ1) is 14.0. The van der Waals surface area contributed by atoms with Crippen LogP contribution in [0.25, 0.3) is 0 Å². The quantitative estimate of drug-likeness (QED) is 0.441. The van der Waals surface area contributed by atoms with Crippen LogP contribution in [0, 0.1) is 0 Å². The van der Waals surface area contributed by atoms with Gasteiger partial charge in [-0.15, -0.1) is 11.8 Å². The summed E-state index contributed by atoms with van der Waals surface area (Å²) in [5, 5.41) is -0.00916. The largest absolute Gasteiger partial charge is 0.465 e. The third kappa shape index (κ3) is 5.81. The van der Waals surface area contributed by atoms with E-state index in [1.54, 1.807) is 35.7 Å². The van der Waals surface area contributed by atoms with E-state index < -0.39 is 0 Å². The Morgan fingerprint density at radius 3 is 2.66 bits per heavy atom. The van der Waals surface area contributed by atoms with Gasteiger partial charge in [-0.25, -0.2) is 4.79 Å². The van der Waals surface area contributed by atoms with Crippen molar-refractivity contribution in [1.29, 1.82) is 0 Å². The maximum Gasteiger partial charge on any atom is 0.337 e. The Morgan fingerprint density at radius 2 is 1.97 bits per heavy atom. The van der Waals surface area contributed by atoms with Gasteiger partial charge in [-0.1, -0.05) is 12.1 Å². The van der Waals surface area contributed by atoms with Crippen molar-refractivity contribution in [3.8, 4) is 0 Å². The standard InChI is InChI=1S/C21H26N2O4S2/c1-22(2)12-17-8-9-18(27-17)13-28-11-10-23-19(24)14-29-20(23)15-4-6-16(7-5-15)21(25)26-3/h4-9,20H,10-14H2,1-3H3. The Bertz CT molecular complexity index is 835. The molecule has 1 saturated heterocycles. The number of hydrogen-bond donors (Lipinski definition) is 0. The lowest BCUT2D eigenvalue weighted by molar-refractivity contribution is -0.127. The molecule has 1 aromatic carbocycles. The summed E-state index contributed by atoms with van der Waals surface area (Å²) in [7, 11) is 5.40. The smallest absolute Gasteiger partial charge is 0.337 e. The normalized spacial score (nSPS) is 16.6. The first kappa shape index (κ1) is 21.8. The minimum Gasteiger partial charge on any atom is -0.465 e. The molecule has 3 rings (SSSR count). The molecule has 6 nitrogen and oxygen atoms in total. The molecule has 1 unspecified atom stereocenters. The van der Waals surface area contributed by atoms with Gasteiger partial charge in [0, 0.05) is 12.3 Å². The first-order valence-electron chi connectivity index (χ1n) is 9.37. The van der Waals surface area contributed by atoms with Gasteiger partial charge in [-0.3, -0.25) is 4.79 Å². The second-order valence-electron chi connectivity index (χ2n) is 7.02. The van der Waals surface area contributed by atoms with Gasteiger partial charge >= 0.3 is 5.97 Å². The van der Waals surface area contributed by atoms with E-state index in [0.717, 1.165) is 35.1 Å². The van der Waals surface area contributed by atoms with E-state index in [-0.39, 0.29) is 17.3 Å². The molecule has 0 spiro atoms. The second kappa shape index (κ2) is 10.2. The van der Waals surface area contributed by atoms with Crippen molar-refractivity contribution in [2.45, 2.75) is 17.7 Å². The summed E-state index contributed by atoms with van der Waals surface area (Å²) in [5.74, 6) is 3.85. The van der Waals surface area contributed by atoms with Crippen molar-refractivity contribution >= 4 is 35.4 Å². The summed E-state index contributed by atoms with van der Waals surface area (Å²) >= 11 is 3.39. The molecule has 1 aliphatic rings. The highest BCUT2D eigenvalue weighted by molar-refractivity contribution is 8.00. The molecule has 1 aromatic heterocycles. The average molecular weight is 435 g/mol. The number of nitrogens with zero attached hydrogens (tertiary/aromatic N) is 2. The molecular weight excluding hydrogens is 408 g/mol. The number of ether oxygens (including phenoxy) is 1. The fourth-order valence-corrected chi connectivity index (χ4v) is 5.15. The van der Waals surface area contributed by atoms with Crippen molar-refractivity contribution < 1.29 is 18.7 Å². The van der Waals surface area contributed by atoms with E-state index in [4.69, 9.17) is 9.15 Å². The number of rotatable bonds is 9. The van der Waals surface area contributed by atoms with Crippen LogP contribution >= 0.6 is 23.5 Å². The predicted octanol–water partition coefficient (Wildman–Crippen LogP) is 3.64. The molecule has 0 N–H and O–H groups in total. The van der Waals surface area contributed by atoms with Crippen LogP contribution in [-0.4, -0.2) is 60.9 Å². The van der Waals surface area contributed by atoms with Crippen molar-refractivity contribution in [2.24, 2.45) is 0 Å². The third-order valence-electron chi connectivity index (χ3n) is 4.50. The van der Waals surface area contributed by atoms with Crippen LogP contribution in [0.2, 0.25) is 0 Å². The van der Waals surface area contributed by atoms with Gasteiger partial charge in [0.15, 0.2) is 0 Å². The molecule has 1 amide bonds. The van der Waals surface area contributed by atoms with E-state index in [0.29, 0.717) is 17.9 Å². The van der Waals surface area contributed by atoms with Crippen LogP contribution in [-0.2, 0) is 21.8 Å². The molecule has 1 atom stereocenters.